The van der Waals surface area contributed by atoms with E-state index in [9.17, 15) is 4.79 Å². The Morgan fingerprint density at radius 3 is 3.24 bits per heavy atom. The Morgan fingerprint density at radius 1 is 1.48 bits per heavy atom. The van der Waals surface area contributed by atoms with E-state index in [0.29, 0.717) is 5.69 Å². The van der Waals surface area contributed by atoms with Gasteiger partial charge in [0.15, 0.2) is 5.69 Å². The van der Waals surface area contributed by atoms with Crippen molar-refractivity contribution in [3.05, 3.63) is 46.8 Å². The van der Waals surface area contributed by atoms with Gasteiger partial charge in [-0.2, -0.15) is 10.2 Å². The Morgan fingerprint density at radius 2 is 2.38 bits per heavy atom. The van der Waals surface area contributed by atoms with Gasteiger partial charge < -0.3 is 4.74 Å². The molecule has 1 heterocycles. The lowest BCUT2D eigenvalue weighted by Crippen LogP contribution is -2.19. The predicted octanol–water partition coefficient (Wildman–Crippen LogP) is 1.67. The number of amides is 1. The monoisotopic (exact) mass is 284 g/mol. The number of methoxy groups -OCH3 is 1. The highest BCUT2D eigenvalue weighted by Gasteiger charge is 2.22. The van der Waals surface area contributed by atoms with Gasteiger partial charge >= 0.3 is 0 Å². The third kappa shape index (κ3) is 2.79. The third-order valence-corrected chi connectivity index (χ3v) is 3.49. The molecule has 1 amide bonds. The first-order chi connectivity index (χ1) is 10.3. The van der Waals surface area contributed by atoms with Crippen LogP contribution in [0.25, 0.3) is 0 Å². The molecule has 21 heavy (non-hydrogen) atoms. The van der Waals surface area contributed by atoms with Crippen molar-refractivity contribution in [2.45, 2.75) is 19.3 Å². The van der Waals surface area contributed by atoms with Crippen molar-refractivity contribution in [3.63, 3.8) is 0 Å². The summed E-state index contributed by atoms with van der Waals surface area (Å²) in [4.78, 5) is 12.0. The number of aromatic nitrogens is 2. The summed E-state index contributed by atoms with van der Waals surface area (Å²) in [5.41, 5.74) is 5.89. The maximum Gasteiger partial charge on any atom is 0.292 e. The highest BCUT2D eigenvalue weighted by atomic mass is 16.5. The lowest BCUT2D eigenvalue weighted by molar-refractivity contribution is 0.0949. The van der Waals surface area contributed by atoms with Crippen LogP contribution in [-0.2, 0) is 12.8 Å². The van der Waals surface area contributed by atoms with Gasteiger partial charge in [-0.05, 0) is 37.0 Å². The van der Waals surface area contributed by atoms with E-state index >= 15 is 0 Å². The number of hydrazone groups is 1. The summed E-state index contributed by atoms with van der Waals surface area (Å²) in [5.74, 6) is 0.462. The van der Waals surface area contributed by atoms with Crippen molar-refractivity contribution in [2.75, 3.05) is 7.11 Å². The molecular weight excluding hydrogens is 268 g/mol. The van der Waals surface area contributed by atoms with Crippen LogP contribution in [0.4, 0.5) is 0 Å². The van der Waals surface area contributed by atoms with E-state index < -0.39 is 0 Å². The van der Waals surface area contributed by atoms with Gasteiger partial charge in [-0.3, -0.25) is 9.89 Å². The van der Waals surface area contributed by atoms with Crippen LogP contribution in [0.1, 0.15) is 33.7 Å². The van der Waals surface area contributed by atoms with Gasteiger partial charge in [0.1, 0.15) is 5.75 Å². The standard InChI is InChI=1S/C15H16N4O2/c1-21-11-5-2-4-10(8-11)9-16-19-15(20)14-12-6-3-7-13(12)17-18-14/h2,4-5,8-9H,3,6-7H2,1H3,(H,17,18)(H,19,20)/b16-9-. The molecule has 0 unspecified atom stereocenters. The fourth-order valence-corrected chi connectivity index (χ4v) is 2.45. The molecule has 1 aromatic carbocycles. The number of ether oxygens (including phenoxy) is 1. The zero-order chi connectivity index (χ0) is 14.7. The first-order valence-electron chi connectivity index (χ1n) is 6.81. The minimum atomic E-state index is -0.284. The number of nitrogens with zero attached hydrogens (tertiary/aromatic N) is 2. The summed E-state index contributed by atoms with van der Waals surface area (Å²) in [6.45, 7) is 0. The second-order valence-electron chi connectivity index (χ2n) is 4.86. The van der Waals surface area contributed by atoms with E-state index in [1.165, 1.54) is 0 Å². The first-order valence-corrected chi connectivity index (χ1v) is 6.81. The first kappa shape index (κ1) is 13.4. The molecule has 0 fully saturated rings. The van der Waals surface area contributed by atoms with Crippen molar-refractivity contribution >= 4 is 12.1 Å². The minimum absolute atomic E-state index is 0.284. The highest BCUT2D eigenvalue weighted by Crippen LogP contribution is 2.22. The highest BCUT2D eigenvalue weighted by molar-refractivity contribution is 5.94. The predicted molar refractivity (Wildman–Crippen MR) is 78.7 cm³/mol. The van der Waals surface area contributed by atoms with E-state index in [1.807, 2.05) is 24.3 Å². The fraction of sp³-hybridized carbons (Fsp3) is 0.267. The number of carbonyl (C=O) groups excluding carboxylic acids is 1. The molecule has 0 saturated carbocycles. The molecule has 6 nitrogen and oxygen atoms in total. The summed E-state index contributed by atoms with van der Waals surface area (Å²) in [7, 11) is 1.61. The van der Waals surface area contributed by atoms with Gasteiger partial charge in [0.2, 0.25) is 0 Å². The summed E-state index contributed by atoms with van der Waals surface area (Å²) < 4.78 is 5.13. The van der Waals surface area contributed by atoms with Gasteiger partial charge in [0.25, 0.3) is 5.91 Å². The molecular formula is C15H16N4O2. The SMILES string of the molecule is COc1cccc(/C=N\NC(=O)c2n[nH]c3c2CCC3)c1. The zero-order valence-electron chi connectivity index (χ0n) is 11.7. The van der Waals surface area contributed by atoms with Gasteiger partial charge in [0.05, 0.1) is 13.3 Å². The third-order valence-electron chi connectivity index (χ3n) is 3.49. The summed E-state index contributed by atoms with van der Waals surface area (Å²) >= 11 is 0. The van der Waals surface area contributed by atoms with E-state index in [0.717, 1.165) is 41.8 Å². The van der Waals surface area contributed by atoms with Crippen molar-refractivity contribution in [1.29, 1.82) is 0 Å². The maximum atomic E-state index is 12.0. The Balaban J connectivity index is 1.66. The summed E-state index contributed by atoms with van der Waals surface area (Å²) in [6.07, 6.45) is 4.50. The van der Waals surface area contributed by atoms with Crippen LogP contribution in [0.2, 0.25) is 0 Å². The van der Waals surface area contributed by atoms with Crippen LogP contribution >= 0.6 is 0 Å². The molecule has 1 aromatic heterocycles. The molecule has 0 bridgehead atoms. The van der Waals surface area contributed by atoms with Crippen LogP contribution in [0, 0.1) is 0 Å². The van der Waals surface area contributed by atoms with Crippen LogP contribution in [0.3, 0.4) is 0 Å². The Bertz CT molecular complexity index is 691. The molecule has 0 saturated heterocycles. The van der Waals surface area contributed by atoms with Crippen LogP contribution in [-0.4, -0.2) is 29.4 Å². The van der Waals surface area contributed by atoms with E-state index in [1.54, 1.807) is 13.3 Å². The van der Waals surface area contributed by atoms with Crippen molar-refractivity contribution in [1.82, 2.24) is 15.6 Å². The number of aryl methyl sites for hydroxylation is 1. The second kappa shape index (κ2) is 5.78. The Kier molecular flexibility index (Phi) is 3.68. The molecule has 0 atom stereocenters. The number of aromatic amines is 1. The number of nitrogens with one attached hydrogen (secondary N) is 2. The van der Waals surface area contributed by atoms with Crippen molar-refractivity contribution in [2.24, 2.45) is 5.10 Å². The molecule has 1 aliphatic rings. The lowest BCUT2D eigenvalue weighted by Gasteiger charge is -2.00. The van der Waals surface area contributed by atoms with E-state index in [2.05, 4.69) is 20.7 Å². The normalized spacial score (nSPS) is 13.4. The zero-order valence-corrected chi connectivity index (χ0v) is 11.7. The molecule has 0 aliphatic heterocycles. The molecule has 0 radical (unpaired) electrons. The molecule has 108 valence electrons. The van der Waals surface area contributed by atoms with Gasteiger partial charge in [0, 0.05) is 11.3 Å². The number of fused-ring (bicyclic) bond motifs is 1. The summed E-state index contributed by atoms with van der Waals surface area (Å²) in [6, 6.07) is 7.43. The van der Waals surface area contributed by atoms with Crippen LogP contribution < -0.4 is 10.2 Å². The number of benzene rings is 1. The van der Waals surface area contributed by atoms with Gasteiger partial charge in [-0.25, -0.2) is 5.43 Å². The largest absolute Gasteiger partial charge is 0.497 e. The molecule has 2 aromatic rings. The molecule has 6 heteroatoms. The quantitative estimate of drug-likeness (QED) is 0.662. The molecule has 3 rings (SSSR count). The molecule has 2 N–H and O–H groups in total. The molecule has 0 spiro atoms. The lowest BCUT2D eigenvalue weighted by atomic mass is 10.2. The van der Waals surface area contributed by atoms with Crippen molar-refractivity contribution in [3.8, 4) is 5.75 Å². The van der Waals surface area contributed by atoms with E-state index in [4.69, 9.17) is 4.74 Å². The Hall–Kier alpha value is -2.63. The van der Waals surface area contributed by atoms with Gasteiger partial charge in [-0.15, -0.1) is 0 Å². The fourth-order valence-electron chi connectivity index (χ4n) is 2.45. The average molecular weight is 284 g/mol. The number of H-pyrrole nitrogens is 1. The van der Waals surface area contributed by atoms with Gasteiger partial charge in [-0.1, -0.05) is 12.1 Å². The number of carbonyl (C=O) groups is 1. The second-order valence-corrected chi connectivity index (χ2v) is 4.86. The maximum absolute atomic E-state index is 12.0. The average Bonchev–Trinajstić information content (AvgIpc) is 3.10. The van der Waals surface area contributed by atoms with Crippen molar-refractivity contribution < 1.29 is 9.53 Å². The topological polar surface area (TPSA) is 79.4 Å². The minimum Gasteiger partial charge on any atom is -0.497 e. The Labute approximate surface area is 122 Å². The number of hydrogen-bond acceptors (Lipinski definition) is 4. The smallest absolute Gasteiger partial charge is 0.292 e. The number of hydrogen-bond donors (Lipinski definition) is 2. The van der Waals surface area contributed by atoms with Crippen LogP contribution in [0.5, 0.6) is 5.75 Å². The van der Waals surface area contributed by atoms with E-state index in [-0.39, 0.29) is 5.91 Å². The summed E-state index contributed by atoms with van der Waals surface area (Å²) in [5, 5.41) is 10.9. The number of rotatable bonds is 4. The molecule has 1 aliphatic carbocycles. The van der Waals surface area contributed by atoms with Crippen LogP contribution in [0.15, 0.2) is 29.4 Å².